The quantitative estimate of drug-likeness (QED) is 0.321. The minimum atomic E-state index is -0.681. The monoisotopic (exact) mass is 341 g/mol. The fraction of sp³-hybridized carbons (Fsp3) is 0.600. The fourth-order valence-electron chi connectivity index (χ4n) is 1.80. The van der Waals surface area contributed by atoms with Gasteiger partial charge in [0, 0.05) is 6.54 Å². The Morgan fingerprint density at radius 1 is 1.29 bits per heavy atom. The Kier molecular flexibility index (Phi) is 6.75. The van der Waals surface area contributed by atoms with Crippen molar-refractivity contribution in [3.8, 4) is 0 Å². The number of ether oxygens (including phenoxy) is 2. The van der Waals surface area contributed by atoms with Gasteiger partial charge in [-0.15, -0.1) is 0 Å². The van der Waals surface area contributed by atoms with Crippen LogP contribution in [-0.2, 0) is 19.1 Å². The smallest absolute Gasteiger partial charge is 0.407 e. The van der Waals surface area contributed by atoms with Crippen molar-refractivity contribution in [1.29, 1.82) is 0 Å². The summed E-state index contributed by atoms with van der Waals surface area (Å²) in [5.74, 6) is -1.26. The van der Waals surface area contributed by atoms with Gasteiger partial charge in [-0.1, -0.05) is 6.08 Å². The van der Waals surface area contributed by atoms with E-state index in [1.165, 1.54) is 6.08 Å². The maximum absolute atomic E-state index is 12.0. The average molecular weight is 341 g/mol. The third kappa shape index (κ3) is 6.27. The second-order valence-corrected chi connectivity index (χ2v) is 5.96. The minimum absolute atomic E-state index is 0.0651. The number of amides is 4. The Hall–Kier alpha value is -2.58. The van der Waals surface area contributed by atoms with Gasteiger partial charge >= 0.3 is 18.1 Å². The molecule has 1 saturated heterocycles. The summed E-state index contributed by atoms with van der Waals surface area (Å²) in [4.78, 5) is 47.3. The molecule has 4 amide bonds. The Balaban J connectivity index is 2.46. The van der Waals surface area contributed by atoms with Crippen molar-refractivity contribution < 1.29 is 28.7 Å². The highest BCUT2D eigenvalue weighted by Gasteiger charge is 2.35. The number of nitrogens with one attached hydrogen (secondary N) is 2. The number of carbonyl (C=O) groups excluding carboxylic acids is 4. The van der Waals surface area contributed by atoms with Crippen molar-refractivity contribution in [1.82, 2.24) is 15.5 Å². The number of rotatable bonds is 6. The first-order valence-electron chi connectivity index (χ1n) is 7.59. The molecular weight excluding hydrogens is 318 g/mol. The molecule has 0 aliphatic carbocycles. The number of esters is 1. The van der Waals surface area contributed by atoms with Gasteiger partial charge in [-0.25, -0.2) is 14.5 Å². The van der Waals surface area contributed by atoms with Gasteiger partial charge in [-0.3, -0.25) is 9.59 Å². The molecule has 1 rings (SSSR count). The molecule has 0 aromatic rings. The van der Waals surface area contributed by atoms with Crippen LogP contribution in [0.15, 0.2) is 11.8 Å². The summed E-state index contributed by atoms with van der Waals surface area (Å²) in [5, 5.41) is 4.91. The Morgan fingerprint density at radius 3 is 2.54 bits per heavy atom. The van der Waals surface area contributed by atoms with E-state index in [1.54, 1.807) is 27.7 Å². The van der Waals surface area contributed by atoms with Gasteiger partial charge in [0.1, 0.15) is 17.8 Å². The van der Waals surface area contributed by atoms with Crippen LogP contribution in [0.1, 0.15) is 34.1 Å². The predicted molar refractivity (Wildman–Crippen MR) is 83.8 cm³/mol. The lowest BCUT2D eigenvalue weighted by Gasteiger charge is -2.19. The minimum Gasteiger partial charge on any atom is -0.465 e. The first kappa shape index (κ1) is 19.5. The van der Waals surface area contributed by atoms with Crippen molar-refractivity contribution in [2.75, 3.05) is 19.7 Å². The summed E-state index contributed by atoms with van der Waals surface area (Å²) in [6.07, 6.45) is 1.22. The molecular formula is C15H23N3O6. The molecule has 0 aromatic carbocycles. The molecule has 24 heavy (non-hydrogen) atoms. The van der Waals surface area contributed by atoms with Gasteiger partial charge in [0.15, 0.2) is 0 Å². The average Bonchev–Trinajstić information content (AvgIpc) is 2.70. The fourth-order valence-corrected chi connectivity index (χ4v) is 1.80. The van der Waals surface area contributed by atoms with Crippen molar-refractivity contribution in [3.63, 3.8) is 0 Å². The van der Waals surface area contributed by atoms with Crippen LogP contribution < -0.4 is 10.6 Å². The third-order valence-electron chi connectivity index (χ3n) is 2.72. The summed E-state index contributed by atoms with van der Waals surface area (Å²) < 4.78 is 9.77. The van der Waals surface area contributed by atoms with E-state index in [1.807, 2.05) is 0 Å². The van der Waals surface area contributed by atoms with E-state index in [2.05, 4.69) is 10.6 Å². The van der Waals surface area contributed by atoms with E-state index in [0.717, 1.165) is 4.90 Å². The molecule has 1 aliphatic rings. The topological polar surface area (TPSA) is 114 Å². The number of alkyl carbamates (subject to hydrolysis) is 1. The van der Waals surface area contributed by atoms with Crippen LogP contribution in [0.2, 0.25) is 0 Å². The summed E-state index contributed by atoms with van der Waals surface area (Å²) >= 11 is 0. The van der Waals surface area contributed by atoms with Gasteiger partial charge in [0.2, 0.25) is 0 Å². The number of hydrogen-bond donors (Lipinski definition) is 2. The van der Waals surface area contributed by atoms with E-state index in [-0.39, 0.29) is 18.8 Å². The second-order valence-electron chi connectivity index (χ2n) is 5.96. The molecule has 1 aliphatic heterocycles. The maximum Gasteiger partial charge on any atom is 0.407 e. The zero-order valence-corrected chi connectivity index (χ0v) is 14.3. The molecule has 0 atom stereocenters. The predicted octanol–water partition coefficient (Wildman–Crippen LogP) is 0.900. The van der Waals surface area contributed by atoms with Crippen LogP contribution in [0.5, 0.6) is 0 Å². The first-order valence-corrected chi connectivity index (χ1v) is 7.59. The number of carbonyl (C=O) groups is 4. The molecule has 9 nitrogen and oxygen atoms in total. The van der Waals surface area contributed by atoms with E-state index in [4.69, 9.17) is 9.47 Å². The molecule has 1 fully saturated rings. The molecule has 0 radical (unpaired) electrons. The van der Waals surface area contributed by atoms with Crippen LogP contribution in [0, 0.1) is 0 Å². The Bertz CT molecular complexity index is 550. The van der Waals surface area contributed by atoms with Gasteiger partial charge < -0.3 is 20.1 Å². The highest BCUT2D eigenvalue weighted by Crippen LogP contribution is 2.10. The van der Waals surface area contributed by atoms with Gasteiger partial charge in [-0.2, -0.15) is 0 Å². The lowest BCUT2D eigenvalue weighted by Crippen LogP contribution is -2.36. The molecule has 0 bridgehead atoms. The highest BCUT2D eigenvalue weighted by molar-refractivity contribution is 6.12. The van der Waals surface area contributed by atoms with Crippen molar-refractivity contribution in [2.45, 2.75) is 39.7 Å². The van der Waals surface area contributed by atoms with E-state index >= 15 is 0 Å². The molecule has 0 aromatic heterocycles. The molecule has 2 N–H and O–H groups in total. The van der Waals surface area contributed by atoms with Gasteiger partial charge in [0.05, 0.1) is 6.61 Å². The van der Waals surface area contributed by atoms with Crippen molar-refractivity contribution in [2.24, 2.45) is 0 Å². The van der Waals surface area contributed by atoms with Crippen LogP contribution >= 0.6 is 0 Å². The van der Waals surface area contributed by atoms with Gasteiger partial charge in [-0.05, 0) is 34.1 Å². The van der Waals surface area contributed by atoms with Crippen LogP contribution in [0.3, 0.4) is 0 Å². The van der Waals surface area contributed by atoms with Crippen LogP contribution in [-0.4, -0.2) is 54.2 Å². The molecule has 0 saturated carbocycles. The third-order valence-corrected chi connectivity index (χ3v) is 2.72. The Labute approximate surface area is 140 Å². The van der Waals surface area contributed by atoms with E-state index < -0.39 is 36.1 Å². The normalized spacial score (nSPS) is 16.2. The molecule has 134 valence electrons. The number of nitrogens with zero attached hydrogens (tertiary/aromatic N) is 1. The molecule has 0 unspecified atom stereocenters. The lowest BCUT2D eigenvalue weighted by molar-refractivity contribution is -0.146. The van der Waals surface area contributed by atoms with E-state index in [0.29, 0.717) is 6.42 Å². The van der Waals surface area contributed by atoms with Crippen LogP contribution in [0.4, 0.5) is 9.59 Å². The lowest BCUT2D eigenvalue weighted by atomic mass is 10.2. The largest absolute Gasteiger partial charge is 0.465 e. The second kappa shape index (κ2) is 8.32. The van der Waals surface area contributed by atoms with Crippen molar-refractivity contribution >= 4 is 24.0 Å². The maximum atomic E-state index is 12.0. The number of hydrogen-bond acceptors (Lipinski definition) is 6. The first-order chi connectivity index (χ1) is 11.1. The van der Waals surface area contributed by atoms with E-state index in [9.17, 15) is 19.2 Å². The number of urea groups is 1. The number of imide groups is 1. The summed E-state index contributed by atoms with van der Waals surface area (Å²) in [6.45, 7) is 6.85. The summed E-state index contributed by atoms with van der Waals surface area (Å²) in [7, 11) is 0. The zero-order valence-electron chi connectivity index (χ0n) is 14.3. The highest BCUT2D eigenvalue weighted by atomic mass is 16.6. The summed E-state index contributed by atoms with van der Waals surface area (Å²) in [5.41, 5.74) is -0.527. The molecule has 0 spiro atoms. The van der Waals surface area contributed by atoms with Crippen LogP contribution in [0.25, 0.3) is 0 Å². The molecule has 1 heterocycles. The Morgan fingerprint density at radius 2 is 1.96 bits per heavy atom. The SMILES string of the molecule is CCOC(=O)CN1C(=O)NC(=CCCNC(=O)OC(C)(C)C)C1=O. The van der Waals surface area contributed by atoms with Crippen molar-refractivity contribution in [3.05, 3.63) is 11.8 Å². The van der Waals surface area contributed by atoms with Gasteiger partial charge in [0.25, 0.3) is 5.91 Å². The standard InChI is InChI=1S/C15H23N3O6/c1-5-23-11(19)9-18-12(20)10(17-13(18)21)7-6-8-16-14(22)24-15(2,3)4/h7H,5-6,8-9H2,1-4H3,(H,16,22)(H,17,21). The zero-order chi connectivity index (χ0) is 18.3. The molecule has 9 heteroatoms. The summed E-state index contributed by atoms with van der Waals surface area (Å²) in [6, 6.07) is -0.681.